The Morgan fingerprint density at radius 3 is 2.59 bits per heavy atom. The topological polar surface area (TPSA) is 106 Å². The van der Waals surface area contributed by atoms with Crippen LogP contribution in [0, 0.1) is 0 Å². The first-order valence-corrected chi connectivity index (χ1v) is 11.0. The molecule has 3 heterocycles. The molecule has 9 heteroatoms. The second kappa shape index (κ2) is 8.18. The fourth-order valence-corrected chi connectivity index (χ4v) is 4.97. The third-order valence-electron chi connectivity index (χ3n) is 6.49. The Balaban J connectivity index is 1.75. The van der Waals surface area contributed by atoms with E-state index in [-0.39, 0.29) is 17.7 Å². The van der Waals surface area contributed by atoms with E-state index in [4.69, 9.17) is 14.2 Å². The molecule has 1 saturated heterocycles. The van der Waals surface area contributed by atoms with Gasteiger partial charge in [0.15, 0.2) is 17.0 Å². The predicted molar refractivity (Wildman–Crippen MR) is 122 cm³/mol. The number of rotatable bonds is 5. The van der Waals surface area contributed by atoms with Gasteiger partial charge in [-0.25, -0.2) is 0 Å². The Hall–Kier alpha value is -3.85. The molecule has 0 bridgehead atoms. The molecule has 34 heavy (non-hydrogen) atoms. The maximum Gasteiger partial charge on any atom is 0.296 e. The van der Waals surface area contributed by atoms with E-state index in [0.29, 0.717) is 49.0 Å². The van der Waals surface area contributed by atoms with Gasteiger partial charge in [0.25, 0.3) is 17.6 Å². The first-order chi connectivity index (χ1) is 16.4. The summed E-state index contributed by atoms with van der Waals surface area (Å²) in [6.45, 7) is 1.19. The van der Waals surface area contributed by atoms with E-state index in [2.05, 4.69) is 0 Å². The van der Waals surface area contributed by atoms with Crippen LogP contribution < -0.4 is 14.4 Å². The predicted octanol–water partition coefficient (Wildman–Crippen LogP) is 2.05. The molecule has 1 atom stereocenters. The average Bonchev–Trinajstić information content (AvgIpc) is 3.22. The van der Waals surface area contributed by atoms with Crippen molar-refractivity contribution in [2.45, 2.75) is 12.0 Å². The maximum atomic E-state index is 13.9. The van der Waals surface area contributed by atoms with Gasteiger partial charge in [-0.3, -0.25) is 14.4 Å². The Morgan fingerprint density at radius 2 is 1.82 bits per heavy atom. The Labute approximate surface area is 196 Å². The zero-order chi connectivity index (χ0) is 24.0. The molecule has 0 aromatic heterocycles. The Kier molecular flexibility index (Phi) is 5.28. The molecular weight excluding hydrogens is 440 g/mol. The number of nitrogens with zero attached hydrogens (tertiary/aromatic N) is 2. The standard InChI is InChI=1S/C25H24N2O7/c1-26-17-7-4-3-6-16(17)25(24(26)31)20(22(29)23(30)27(25)10-5-11-32-2)21(28)15-8-9-18-19(14-15)34-13-12-33-18/h3-4,6-9,14,28H,5,10-13H2,1-2H3. The van der Waals surface area contributed by atoms with Gasteiger partial charge in [0.2, 0.25) is 0 Å². The monoisotopic (exact) mass is 464 g/mol. The fourth-order valence-electron chi connectivity index (χ4n) is 4.97. The van der Waals surface area contributed by atoms with E-state index in [9.17, 15) is 19.5 Å². The molecule has 2 aromatic carbocycles. The highest BCUT2D eigenvalue weighted by Gasteiger charge is 2.66. The highest BCUT2D eigenvalue weighted by molar-refractivity contribution is 6.50. The molecular formula is C25H24N2O7. The number of Topliss-reactive ketones (excluding diaryl/α,β-unsaturated/α-hetero) is 1. The third kappa shape index (κ3) is 2.93. The van der Waals surface area contributed by atoms with Crippen molar-refractivity contribution in [1.29, 1.82) is 0 Å². The third-order valence-corrected chi connectivity index (χ3v) is 6.49. The first kappa shape index (κ1) is 22.0. The van der Waals surface area contributed by atoms with Gasteiger partial charge in [-0.05, 0) is 30.7 Å². The Bertz CT molecular complexity index is 1240. The summed E-state index contributed by atoms with van der Waals surface area (Å²) in [6, 6.07) is 11.7. The molecule has 1 spiro atoms. The van der Waals surface area contributed by atoms with Gasteiger partial charge in [-0.2, -0.15) is 0 Å². The van der Waals surface area contributed by atoms with E-state index < -0.39 is 28.9 Å². The van der Waals surface area contributed by atoms with Crippen LogP contribution in [-0.4, -0.2) is 68.1 Å². The number of aliphatic hydroxyl groups excluding tert-OH is 1. The summed E-state index contributed by atoms with van der Waals surface area (Å²) in [5.74, 6) is -1.75. The number of hydrogen-bond donors (Lipinski definition) is 1. The minimum atomic E-state index is -1.77. The first-order valence-electron chi connectivity index (χ1n) is 11.0. The molecule has 1 unspecified atom stereocenters. The number of fused-ring (bicyclic) bond motifs is 3. The van der Waals surface area contributed by atoms with Crippen molar-refractivity contribution in [1.82, 2.24) is 4.90 Å². The number of hydrogen-bond acceptors (Lipinski definition) is 7. The lowest BCUT2D eigenvalue weighted by molar-refractivity contribution is -0.143. The number of ether oxygens (including phenoxy) is 3. The molecule has 1 fully saturated rings. The molecule has 2 amide bonds. The molecule has 2 aromatic rings. The van der Waals surface area contributed by atoms with Gasteiger partial charge in [0.1, 0.15) is 19.0 Å². The summed E-state index contributed by atoms with van der Waals surface area (Å²) in [4.78, 5) is 43.2. The largest absolute Gasteiger partial charge is 0.507 e. The van der Waals surface area contributed by atoms with E-state index in [0.717, 1.165) is 0 Å². The second-order valence-electron chi connectivity index (χ2n) is 8.31. The van der Waals surface area contributed by atoms with E-state index >= 15 is 0 Å². The van der Waals surface area contributed by atoms with Crippen molar-refractivity contribution in [3.8, 4) is 11.5 Å². The maximum absolute atomic E-state index is 13.9. The van der Waals surface area contributed by atoms with Crippen LogP contribution >= 0.6 is 0 Å². The summed E-state index contributed by atoms with van der Waals surface area (Å²) < 4.78 is 16.3. The van der Waals surface area contributed by atoms with Crippen molar-refractivity contribution < 1.29 is 33.7 Å². The van der Waals surface area contributed by atoms with Crippen molar-refractivity contribution in [2.75, 3.05) is 45.4 Å². The van der Waals surface area contributed by atoms with E-state index in [1.54, 1.807) is 49.5 Å². The van der Waals surface area contributed by atoms with Gasteiger partial charge < -0.3 is 29.1 Å². The number of benzene rings is 2. The lowest BCUT2D eigenvalue weighted by Crippen LogP contribution is -2.51. The normalized spacial score (nSPS) is 22.6. The number of likely N-dealkylation sites (N-methyl/N-ethyl adjacent to an activating group) is 1. The zero-order valence-corrected chi connectivity index (χ0v) is 18.9. The molecule has 1 N–H and O–H groups in total. The fraction of sp³-hybridized carbons (Fsp3) is 0.320. The summed E-state index contributed by atoms with van der Waals surface area (Å²) in [7, 11) is 3.13. The smallest absolute Gasteiger partial charge is 0.296 e. The van der Waals surface area contributed by atoms with Gasteiger partial charge >= 0.3 is 0 Å². The van der Waals surface area contributed by atoms with Crippen molar-refractivity contribution in [3.63, 3.8) is 0 Å². The number of anilines is 1. The minimum absolute atomic E-state index is 0.101. The van der Waals surface area contributed by atoms with Gasteiger partial charge in [0.05, 0.1) is 5.57 Å². The molecule has 0 aliphatic carbocycles. The van der Waals surface area contributed by atoms with Crippen LogP contribution in [0.3, 0.4) is 0 Å². The average molecular weight is 464 g/mol. The van der Waals surface area contributed by atoms with Crippen LogP contribution in [0.25, 0.3) is 5.76 Å². The lowest BCUT2D eigenvalue weighted by Gasteiger charge is -2.34. The van der Waals surface area contributed by atoms with Crippen molar-refractivity contribution in [2.24, 2.45) is 0 Å². The number of ketones is 1. The number of carbonyl (C=O) groups excluding carboxylic acids is 3. The summed E-state index contributed by atoms with van der Waals surface area (Å²) in [5, 5.41) is 11.4. The lowest BCUT2D eigenvalue weighted by atomic mass is 9.82. The van der Waals surface area contributed by atoms with Crippen LogP contribution in [0.5, 0.6) is 11.5 Å². The summed E-state index contributed by atoms with van der Waals surface area (Å²) >= 11 is 0. The van der Waals surface area contributed by atoms with Crippen LogP contribution in [0.4, 0.5) is 5.69 Å². The zero-order valence-electron chi connectivity index (χ0n) is 18.9. The minimum Gasteiger partial charge on any atom is -0.507 e. The Morgan fingerprint density at radius 1 is 1.09 bits per heavy atom. The molecule has 5 rings (SSSR count). The number of likely N-dealkylation sites (tertiary alicyclic amines) is 1. The molecule has 0 saturated carbocycles. The number of aliphatic hydroxyl groups is 1. The number of amides is 2. The second-order valence-corrected chi connectivity index (χ2v) is 8.31. The molecule has 3 aliphatic heterocycles. The van der Waals surface area contributed by atoms with Crippen LogP contribution in [-0.2, 0) is 24.7 Å². The van der Waals surface area contributed by atoms with Crippen molar-refractivity contribution in [3.05, 3.63) is 59.2 Å². The SMILES string of the molecule is COCCCN1C(=O)C(=O)C(=C(O)c2ccc3c(c2)OCCO3)C12C(=O)N(C)c1ccccc12. The van der Waals surface area contributed by atoms with Gasteiger partial charge in [-0.15, -0.1) is 0 Å². The van der Waals surface area contributed by atoms with Crippen molar-refractivity contribution >= 4 is 29.0 Å². The molecule has 3 aliphatic rings. The highest BCUT2D eigenvalue weighted by Crippen LogP contribution is 2.53. The summed E-state index contributed by atoms with van der Waals surface area (Å²) in [6.07, 6.45) is 0.411. The van der Waals surface area contributed by atoms with E-state index in [1.807, 2.05) is 0 Å². The van der Waals surface area contributed by atoms with Crippen LogP contribution in [0.15, 0.2) is 48.0 Å². The number of methoxy groups -OCH3 is 1. The molecule has 0 radical (unpaired) electrons. The van der Waals surface area contributed by atoms with Crippen LogP contribution in [0.2, 0.25) is 0 Å². The van der Waals surface area contributed by atoms with Gasteiger partial charge in [0, 0.05) is 44.1 Å². The quantitative estimate of drug-likeness (QED) is 0.312. The number of para-hydroxylation sites is 1. The number of carbonyl (C=O) groups is 3. The van der Waals surface area contributed by atoms with E-state index in [1.165, 1.54) is 16.9 Å². The molecule has 9 nitrogen and oxygen atoms in total. The highest BCUT2D eigenvalue weighted by atomic mass is 16.6. The summed E-state index contributed by atoms with van der Waals surface area (Å²) in [5.41, 5.74) is -0.742. The van der Waals surface area contributed by atoms with Gasteiger partial charge in [-0.1, -0.05) is 18.2 Å². The molecule has 176 valence electrons. The van der Waals surface area contributed by atoms with Crippen LogP contribution in [0.1, 0.15) is 17.5 Å².